The highest BCUT2D eigenvalue weighted by molar-refractivity contribution is 6.32. The highest BCUT2D eigenvalue weighted by Gasteiger charge is 2.28. The van der Waals surface area contributed by atoms with Crippen molar-refractivity contribution in [3.8, 4) is 5.69 Å². The highest BCUT2D eigenvalue weighted by Crippen LogP contribution is 2.28. The number of piperidine rings is 1. The summed E-state index contributed by atoms with van der Waals surface area (Å²) in [5.41, 5.74) is 2.67. The van der Waals surface area contributed by atoms with Crippen LogP contribution in [0.5, 0.6) is 0 Å². The number of halogens is 2. The average molecular weight is 476 g/mol. The van der Waals surface area contributed by atoms with Crippen LogP contribution in [0.3, 0.4) is 0 Å². The molecular formula is C22H23Cl2N5O3. The topological polar surface area (TPSA) is 82.2 Å². The summed E-state index contributed by atoms with van der Waals surface area (Å²) >= 11 is 11.9. The van der Waals surface area contributed by atoms with E-state index in [0.717, 1.165) is 24.1 Å². The fourth-order valence-corrected chi connectivity index (χ4v) is 4.47. The van der Waals surface area contributed by atoms with Crippen molar-refractivity contribution >= 4 is 29.3 Å². The zero-order valence-electron chi connectivity index (χ0n) is 17.8. The third kappa shape index (κ3) is 4.52. The number of hydrogen-bond acceptors (Lipinski definition) is 5. The highest BCUT2D eigenvalue weighted by atomic mass is 35.5. The zero-order valence-corrected chi connectivity index (χ0v) is 19.3. The Morgan fingerprint density at radius 3 is 2.53 bits per heavy atom. The van der Waals surface area contributed by atoms with E-state index < -0.39 is 5.56 Å². The van der Waals surface area contributed by atoms with Crippen molar-refractivity contribution in [3.63, 3.8) is 0 Å². The molecule has 0 bridgehead atoms. The monoisotopic (exact) mass is 475 g/mol. The number of amides is 1. The van der Waals surface area contributed by atoms with E-state index in [9.17, 15) is 9.59 Å². The Morgan fingerprint density at radius 1 is 1.16 bits per heavy atom. The fraction of sp³-hybridized carbons (Fsp3) is 0.364. The van der Waals surface area contributed by atoms with Crippen molar-refractivity contribution in [3.05, 3.63) is 74.1 Å². The minimum atomic E-state index is -0.446. The van der Waals surface area contributed by atoms with E-state index in [0.29, 0.717) is 24.5 Å². The molecule has 3 aromatic rings. The number of aryl methyl sites for hydroxylation is 1. The lowest BCUT2D eigenvalue weighted by molar-refractivity contribution is 0.0819. The lowest BCUT2D eigenvalue weighted by Crippen LogP contribution is -2.39. The lowest BCUT2D eigenvalue weighted by atomic mass is 10.1. The van der Waals surface area contributed by atoms with E-state index in [-0.39, 0.29) is 29.0 Å². The predicted octanol–water partition coefficient (Wildman–Crippen LogP) is 4.33. The van der Waals surface area contributed by atoms with Gasteiger partial charge in [-0.15, -0.1) is 0 Å². The molecule has 1 aliphatic rings. The maximum Gasteiger partial charge on any atom is 0.410 e. The van der Waals surface area contributed by atoms with Crippen LogP contribution in [0, 0.1) is 13.8 Å². The van der Waals surface area contributed by atoms with Gasteiger partial charge in [-0.3, -0.25) is 14.0 Å². The van der Waals surface area contributed by atoms with Crippen LogP contribution in [0.1, 0.15) is 35.8 Å². The molecule has 1 saturated heterocycles. The van der Waals surface area contributed by atoms with Gasteiger partial charge in [0, 0.05) is 13.1 Å². The van der Waals surface area contributed by atoms with Crippen molar-refractivity contribution in [2.24, 2.45) is 0 Å². The van der Waals surface area contributed by atoms with Gasteiger partial charge < -0.3 is 9.64 Å². The van der Waals surface area contributed by atoms with Crippen molar-refractivity contribution in [1.82, 2.24) is 24.2 Å². The molecule has 8 nitrogen and oxygen atoms in total. The molecule has 0 spiro atoms. The van der Waals surface area contributed by atoms with E-state index in [4.69, 9.17) is 27.9 Å². The first-order chi connectivity index (χ1) is 15.3. The number of carbonyl (C=O) groups excluding carboxylic acids is 1. The van der Waals surface area contributed by atoms with Gasteiger partial charge in [-0.25, -0.2) is 9.78 Å². The maximum atomic E-state index is 12.5. The van der Waals surface area contributed by atoms with E-state index >= 15 is 0 Å². The number of carbonyl (C=O) groups is 1. The molecule has 3 heterocycles. The minimum absolute atomic E-state index is 0.101. The Labute approximate surface area is 195 Å². The summed E-state index contributed by atoms with van der Waals surface area (Å²) in [5.74, 6) is 0. The van der Waals surface area contributed by atoms with Gasteiger partial charge in [0.25, 0.3) is 5.56 Å². The van der Waals surface area contributed by atoms with Gasteiger partial charge in [-0.05, 0) is 32.3 Å². The van der Waals surface area contributed by atoms with Crippen LogP contribution >= 0.6 is 23.2 Å². The summed E-state index contributed by atoms with van der Waals surface area (Å²) < 4.78 is 8.76. The number of hydrogen-bond donors (Lipinski definition) is 0. The summed E-state index contributed by atoms with van der Waals surface area (Å²) in [4.78, 5) is 30.5. The average Bonchev–Trinajstić information content (AvgIpc) is 3.09. The van der Waals surface area contributed by atoms with E-state index in [1.54, 1.807) is 4.90 Å². The summed E-state index contributed by atoms with van der Waals surface area (Å²) in [5, 5.41) is 4.61. The largest absolute Gasteiger partial charge is 0.445 e. The molecule has 0 saturated carbocycles. The normalized spacial score (nSPS) is 14.6. The Balaban J connectivity index is 1.45. The predicted molar refractivity (Wildman–Crippen MR) is 122 cm³/mol. The van der Waals surface area contributed by atoms with Crippen LogP contribution in [0.4, 0.5) is 4.79 Å². The quantitative estimate of drug-likeness (QED) is 0.560. The molecule has 0 atom stereocenters. The minimum Gasteiger partial charge on any atom is -0.445 e. The van der Waals surface area contributed by atoms with Gasteiger partial charge in [0.05, 0.1) is 29.3 Å². The third-order valence-corrected chi connectivity index (χ3v) is 6.07. The standard InChI is InChI=1S/C22H23Cl2N5O3/c1-14-19(28-12-18(23)25-20(24)21(28)30)15(2)29(26-14)17-8-10-27(11-9-17)22(31)32-13-16-6-4-3-5-7-16/h3-7,12,17H,8-11,13H2,1-2H3. The van der Waals surface area contributed by atoms with Crippen molar-refractivity contribution in [2.45, 2.75) is 39.3 Å². The number of benzene rings is 1. The second-order valence-electron chi connectivity index (χ2n) is 7.75. The number of rotatable bonds is 4. The van der Waals surface area contributed by atoms with Crippen LogP contribution in [-0.2, 0) is 11.3 Å². The molecule has 168 valence electrons. The van der Waals surface area contributed by atoms with Crippen LogP contribution in [0.2, 0.25) is 10.3 Å². The third-order valence-electron chi connectivity index (χ3n) is 5.64. The maximum absolute atomic E-state index is 12.5. The molecule has 10 heteroatoms. The Bertz CT molecular complexity index is 1180. The van der Waals surface area contributed by atoms with Crippen molar-refractivity contribution < 1.29 is 9.53 Å². The van der Waals surface area contributed by atoms with Gasteiger partial charge in [0.2, 0.25) is 0 Å². The number of ether oxygens (including phenoxy) is 1. The first-order valence-electron chi connectivity index (χ1n) is 10.3. The zero-order chi connectivity index (χ0) is 22.8. The molecule has 1 aliphatic heterocycles. The van der Waals surface area contributed by atoms with Gasteiger partial charge in [-0.1, -0.05) is 53.5 Å². The molecule has 0 unspecified atom stereocenters. The van der Waals surface area contributed by atoms with Gasteiger partial charge in [-0.2, -0.15) is 5.10 Å². The molecule has 0 N–H and O–H groups in total. The van der Waals surface area contributed by atoms with Gasteiger partial charge in [0.15, 0.2) is 5.15 Å². The lowest BCUT2D eigenvalue weighted by Gasteiger charge is -2.32. The van der Waals surface area contributed by atoms with Gasteiger partial charge in [0.1, 0.15) is 11.8 Å². The first kappa shape index (κ1) is 22.4. The smallest absolute Gasteiger partial charge is 0.410 e. The second-order valence-corrected chi connectivity index (χ2v) is 8.50. The number of aromatic nitrogens is 4. The van der Waals surface area contributed by atoms with Crippen molar-refractivity contribution in [2.75, 3.05) is 13.1 Å². The summed E-state index contributed by atoms with van der Waals surface area (Å²) in [6.07, 6.45) is 2.60. The SMILES string of the molecule is Cc1nn(C2CCN(C(=O)OCc3ccccc3)CC2)c(C)c1-n1cc(Cl)nc(Cl)c1=O. The van der Waals surface area contributed by atoms with E-state index in [2.05, 4.69) is 10.1 Å². The molecule has 1 fully saturated rings. The molecule has 4 rings (SSSR count). The van der Waals surface area contributed by atoms with Crippen LogP contribution in [0.15, 0.2) is 41.3 Å². The Morgan fingerprint density at radius 2 is 1.84 bits per heavy atom. The van der Waals surface area contributed by atoms with Gasteiger partial charge >= 0.3 is 6.09 Å². The molecule has 1 aromatic carbocycles. The molecular weight excluding hydrogens is 453 g/mol. The van der Waals surface area contributed by atoms with Crippen LogP contribution in [-0.4, -0.2) is 43.4 Å². The van der Waals surface area contributed by atoms with Crippen molar-refractivity contribution in [1.29, 1.82) is 0 Å². The Hall–Kier alpha value is -2.84. The van der Waals surface area contributed by atoms with E-state index in [1.165, 1.54) is 10.8 Å². The first-order valence-corrected chi connectivity index (χ1v) is 11.1. The molecule has 2 aromatic heterocycles. The van der Waals surface area contributed by atoms with Crippen LogP contribution < -0.4 is 5.56 Å². The fourth-order valence-electron chi connectivity index (χ4n) is 4.06. The van der Waals surface area contributed by atoms with E-state index in [1.807, 2.05) is 48.9 Å². The number of likely N-dealkylation sites (tertiary alicyclic amines) is 1. The number of nitrogens with zero attached hydrogens (tertiary/aromatic N) is 5. The summed E-state index contributed by atoms with van der Waals surface area (Å²) in [6, 6.07) is 9.71. The Kier molecular flexibility index (Phi) is 6.53. The molecule has 1 amide bonds. The molecule has 32 heavy (non-hydrogen) atoms. The summed E-state index contributed by atoms with van der Waals surface area (Å²) in [6.45, 7) is 5.14. The molecule has 0 radical (unpaired) electrons. The molecule has 0 aliphatic carbocycles. The second kappa shape index (κ2) is 9.34. The summed E-state index contributed by atoms with van der Waals surface area (Å²) in [7, 11) is 0. The van der Waals surface area contributed by atoms with Crippen LogP contribution in [0.25, 0.3) is 5.69 Å².